The lowest BCUT2D eigenvalue weighted by atomic mass is 10.0. The lowest BCUT2D eigenvalue weighted by Gasteiger charge is -2.09. The van der Waals surface area contributed by atoms with E-state index < -0.39 is 22.3 Å². The molecular weight excluding hydrogens is 417 g/mol. The summed E-state index contributed by atoms with van der Waals surface area (Å²) in [6, 6.07) is 16.3. The molecule has 0 spiro atoms. The molecule has 0 unspecified atom stereocenters. The summed E-state index contributed by atoms with van der Waals surface area (Å²) in [5.41, 5.74) is 1.65. The molecule has 0 bridgehead atoms. The SMILES string of the molecule is Cn1c(=O)n2c3c(F)c(Cl)c(F)c(Cl)c3c(-c3ccccc3)c2c2ccccc21. The second-order valence-electron chi connectivity index (χ2n) is 6.76. The molecule has 0 aliphatic heterocycles. The highest BCUT2D eigenvalue weighted by Crippen LogP contribution is 2.45. The van der Waals surface area contributed by atoms with Crippen LogP contribution in [0.5, 0.6) is 0 Å². The van der Waals surface area contributed by atoms with Gasteiger partial charge in [0.05, 0.1) is 21.6 Å². The van der Waals surface area contributed by atoms with E-state index in [0.717, 1.165) is 0 Å². The van der Waals surface area contributed by atoms with Crippen LogP contribution in [0.4, 0.5) is 8.78 Å². The molecule has 3 nitrogen and oxygen atoms in total. The van der Waals surface area contributed by atoms with Crippen molar-refractivity contribution in [3.05, 3.63) is 86.8 Å². The summed E-state index contributed by atoms with van der Waals surface area (Å²) in [5.74, 6) is -2.07. The van der Waals surface area contributed by atoms with Gasteiger partial charge in [-0.2, -0.15) is 0 Å². The third kappa shape index (κ3) is 2.32. The molecule has 0 saturated carbocycles. The van der Waals surface area contributed by atoms with Gasteiger partial charge >= 0.3 is 5.69 Å². The molecule has 144 valence electrons. The number of fused-ring (bicyclic) bond motifs is 5. The third-order valence-corrected chi connectivity index (χ3v) is 5.92. The van der Waals surface area contributed by atoms with Crippen molar-refractivity contribution >= 4 is 50.5 Å². The fourth-order valence-electron chi connectivity index (χ4n) is 3.95. The maximum Gasteiger partial charge on any atom is 0.333 e. The Bertz CT molecular complexity index is 1520. The minimum atomic E-state index is -1.05. The van der Waals surface area contributed by atoms with Crippen molar-refractivity contribution < 1.29 is 8.78 Å². The fraction of sp³-hybridized carbons (Fsp3) is 0.0455. The van der Waals surface area contributed by atoms with Crippen molar-refractivity contribution in [1.29, 1.82) is 0 Å². The molecule has 0 saturated heterocycles. The first-order valence-electron chi connectivity index (χ1n) is 8.76. The Labute approximate surface area is 173 Å². The van der Waals surface area contributed by atoms with Gasteiger partial charge in [-0.3, -0.25) is 8.97 Å². The van der Waals surface area contributed by atoms with E-state index in [0.29, 0.717) is 27.5 Å². The molecule has 2 heterocycles. The van der Waals surface area contributed by atoms with E-state index in [4.69, 9.17) is 23.2 Å². The van der Waals surface area contributed by atoms with Crippen molar-refractivity contribution in [1.82, 2.24) is 8.97 Å². The topological polar surface area (TPSA) is 26.4 Å². The number of hydrogen-bond donors (Lipinski definition) is 0. The van der Waals surface area contributed by atoms with E-state index in [9.17, 15) is 9.18 Å². The zero-order chi connectivity index (χ0) is 20.4. The van der Waals surface area contributed by atoms with Gasteiger partial charge in [-0.05, 0) is 11.6 Å². The van der Waals surface area contributed by atoms with Crippen LogP contribution in [-0.2, 0) is 7.05 Å². The van der Waals surface area contributed by atoms with Gasteiger partial charge in [-0.15, -0.1) is 0 Å². The van der Waals surface area contributed by atoms with Crippen molar-refractivity contribution in [2.45, 2.75) is 0 Å². The highest BCUT2D eigenvalue weighted by Gasteiger charge is 2.28. The molecule has 3 aromatic carbocycles. The Morgan fingerprint density at radius 2 is 1.48 bits per heavy atom. The van der Waals surface area contributed by atoms with Crippen LogP contribution in [0.1, 0.15) is 0 Å². The van der Waals surface area contributed by atoms with Crippen LogP contribution in [-0.4, -0.2) is 8.97 Å². The molecule has 2 aromatic heterocycles. The fourth-order valence-corrected chi connectivity index (χ4v) is 4.46. The molecule has 7 heteroatoms. The standard InChI is InChI=1S/C22H12Cl2F2N2O/c1-27-13-10-6-5-9-12(13)20-14(11-7-3-2-4-8-11)15-16(23)18(25)17(24)19(26)21(15)28(20)22(27)29/h2-10H,1H3. The van der Waals surface area contributed by atoms with Crippen LogP contribution < -0.4 is 5.69 Å². The van der Waals surface area contributed by atoms with E-state index in [1.54, 1.807) is 13.1 Å². The van der Waals surface area contributed by atoms with Gasteiger partial charge in [0.2, 0.25) is 0 Å². The van der Waals surface area contributed by atoms with E-state index in [1.165, 1.54) is 8.97 Å². The number of halogens is 4. The summed E-state index contributed by atoms with van der Waals surface area (Å²) in [7, 11) is 1.60. The average molecular weight is 429 g/mol. The first-order valence-corrected chi connectivity index (χ1v) is 9.52. The molecule has 0 atom stereocenters. The quantitative estimate of drug-likeness (QED) is 0.230. The number of para-hydroxylation sites is 1. The Balaban J connectivity index is 2.25. The molecule has 0 amide bonds. The van der Waals surface area contributed by atoms with Gasteiger partial charge in [0.15, 0.2) is 11.6 Å². The molecule has 0 fully saturated rings. The van der Waals surface area contributed by atoms with Crippen LogP contribution in [0.15, 0.2) is 59.4 Å². The van der Waals surface area contributed by atoms with E-state index in [2.05, 4.69) is 0 Å². The third-order valence-electron chi connectivity index (χ3n) is 5.24. The largest absolute Gasteiger partial charge is 0.333 e. The minimum absolute atomic E-state index is 0.116. The smallest absolute Gasteiger partial charge is 0.296 e. The number of nitrogens with zero attached hydrogens (tertiary/aromatic N) is 2. The molecule has 5 aromatic rings. The van der Waals surface area contributed by atoms with Gasteiger partial charge < -0.3 is 0 Å². The molecular formula is C22H12Cl2F2N2O. The summed E-state index contributed by atoms with van der Waals surface area (Å²) in [6.45, 7) is 0. The van der Waals surface area contributed by atoms with Crippen LogP contribution in [0.25, 0.3) is 38.4 Å². The predicted octanol–water partition coefficient (Wildman–Crippen LogP) is 6.20. The van der Waals surface area contributed by atoms with Crippen LogP contribution in [0, 0.1) is 11.6 Å². The molecule has 0 N–H and O–H groups in total. The van der Waals surface area contributed by atoms with Crippen LogP contribution >= 0.6 is 23.2 Å². The van der Waals surface area contributed by atoms with Gasteiger partial charge in [-0.1, -0.05) is 71.7 Å². The number of rotatable bonds is 1. The summed E-state index contributed by atoms with van der Waals surface area (Å²) in [6.07, 6.45) is 0. The molecule has 0 aliphatic rings. The first-order chi connectivity index (χ1) is 13.9. The van der Waals surface area contributed by atoms with Crippen molar-refractivity contribution in [2.75, 3.05) is 0 Å². The zero-order valence-corrected chi connectivity index (χ0v) is 16.5. The summed E-state index contributed by atoms with van der Waals surface area (Å²) < 4.78 is 32.5. The van der Waals surface area contributed by atoms with E-state index in [-0.39, 0.29) is 15.9 Å². The maximum atomic E-state index is 15.2. The van der Waals surface area contributed by atoms with Gasteiger partial charge in [-0.25, -0.2) is 13.6 Å². The van der Waals surface area contributed by atoms with E-state index in [1.807, 2.05) is 48.5 Å². The van der Waals surface area contributed by atoms with E-state index >= 15 is 4.39 Å². The highest BCUT2D eigenvalue weighted by atomic mass is 35.5. The normalized spacial score (nSPS) is 11.8. The number of aromatic nitrogens is 2. The Morgan fingerprint density at radius 3 is 2.21 bits per heavy atom. The lowest BCUT2D eigenvalue weighted by Crippen LogP contribution is -2.24. The highest BCUT2D eigenvalue weighted by molar-refractivity contribution is 6.41. The molecule has 0 aliphatic carbocycles. The Hall–Kier alpha value is -2.89. The van der Waals surface area contributed by atoms with Gasteiger partial charge in [0, 0.05) is 23.4 Å². The summed E-state index contributed by atoms with van der Waals surface area (Å²) >= 11 is 12.2. The summed E-state index contributed by atoms with van der Waals surface area (Å²) in [5, 5.41) is -0.237. The number of hydrogen-bond acceptors (Lipinski definition) is 1. The first kappa shape index (κ1) is 18.2. The maximum absolute atomic E-state index is 15.2. The monoisotopic (exact) mass is 428 g/mol. The Morgan fingerprint density at radius 1 is 0.828 bits per heavy atom. The van der Waals surface area contributed by atoms with Crippen molar-refractivity contribution in [3.8, 4) is 11.1 Å². The van der Waals surface area contributed by atoms with Gasteiger partial charge in [0.1, 0.15) is 5.02 Å². The van der Waals surface area contributed by atoms with Crippen LogP contribution in [0.2, 0.25) is 10.0 Å². The minimum Gasteiger partial charge on any atom is -0.296 e. The Kier molecular flexibility index (Phi) is 3.95. The molecule has 5 rings (SSSR count). The second kappa shape index (κ2) is 6.31. The van der Waals surface area contributed by atoms with Crippen LogP contribution in [0.3, 0.4) is 0 Å². The predicted molar refractivity (Wildman–Crippen MR) is 113 cm³/mol. The number of aryl methyl sites for hydroxylation is 1. The zero-order valence-electron chi connectivity index (χ0n) is 15.0. The van der Waals surface area contributed by atoms with Crippen molar-refractivity contribution in [3.63, 3.8) is 0 Å². The molecule has 29 heavy (non-hydrogen) atoms. The van der Waals surface area contributed by atoms with Gasteiger partial charge in [0.25, 0.3) is 0 Å². The molecule has 0 radical (unpaired) electrons. The second-order valence-corrected chi connectivity index (χ2v) is 7.52. The summed E-state index contributed by atoms with van der Waals surface area (Å²) in [4.78, 5) is 13.2. The average Bonchev–Trinajstić information content (AvgIpc) is 3.11. The lowest BCUT2D eigenvalue weighted by molar-refractivity contribution is 0.590. The number of benzene rings is 3. The van der Waals surface area contributed by atoms with Crippen molar-refractivity contribution in [2.24, 2.45) is 7.05 Å².